The van der Waals surface area contributed by atoms with Crippen LogP contribution in [0.2, 0.25) is 0 Å². The second kappa shape index (κ2) is 9.00. The minimum atomic E-state index is -0.273. The average molecular weight is 465 g/mol. The SMILES string of the molecule is Nc1c(C(=O)Nc2cccc3ccccc23)c2nc3ccccc3nc2n1CCN1CCCCC1. The van der Waals surface area contributed by atoms with Gasteiger partial charge in [0.05, 0.1) is 11.0 Å². The van der Waals surface area contributed by atoms with E-state index in [4.69, 9.17) is 15.7 Å². The third kappa shape index (κ3) is 3.98. The van der Waals surface area contributed by atoms with E-state index in [2.05, 4.69) is 10.2 Å². The zero-order valence-corrected chi connectivity index (χ0v) is 19.6. The van der Waals surface area contributed by atoms with Crippen LogP contribution in [0, 0.1) is 0 Å². The third-order valence-corrected chi connectivity index (χ3v) is 6.94. The summed E-state index contributed by atoms with van der Waals surface area (Å²) in [6.07, 6.45) is 3.75. The number of piperidine rings is 1. The zero-order chi connectivity index (χ0) is 23.8. The van der Waals surface area contributed by atoms with Crippen molar-refractivity contribution >= 4 is 50.4 Å². The molecular formula is C28H28N6O. The minimum absolute atomic E-state index is 0.273. The highest BCUT2D eigenvalue weighted by Gasteiger charge is 2.25. The average Bonchev–Trinajstić information content (AvgIpc) is 3.16. The van der Waals surface area contributed by atoms with E-state index in [1.54, 1.807) is 0 Å². The highest BCUT2D eigenvalue weighted by Crippen LogP contribution is 2.30. The van der Waals surface area contributed by atoms with Gasteiger partial charge in [-0.2, -0.15) is 0 Å². The summed E-state index contributed by atoms with van der Waals surface area (Å²) in [7, 11) is 0. The second-order valence-electron chi connectivity index (χ2n) is 9.18. The Hall–Kier alpha value is -3.97. The summed E-state index contributed by atoms with van der Waals surface area (Å²) in [5.74, 6) is 0.134. The molecule has 1 fully saturated rings. The van der Waals surface area contributed by atoms with Gasteiger partial charge in [0.2, 0.25) is 0 Å². The summed E-state index contributed by atoms with van der Waals surface area (Å²) in [4.78, 5) is 25.8. The van der Waals surface area contributed by atoms with E-state index in [1.165, 1.54) is 19.3 Å². The molecule has 35 heavy (non-hydrogen) atoms. The van der Waals surface area contributed by atoms with Crippen LogP contribution in [0.1, 0.15) is 29.6 Å². The summed E-state index contributed by atoms with van der Waals surface area (Å²) >= 11 is 0. The molecular weight excluding hydrogens is 436 g/mol. The number of nitrogens with two attached hydrogens (primary N) is 1. The van der Waals surface area contributed by atoms with Crippen LogP contribution in [0.5, 0.6) is 0 Å². The molecule has 0 atom stereocenters. The number of carbonyl (C=O) groups excluding carboxylic acids is 1. The molecule has 3 N–H and O–H groups in total. The van der Waals surface area contributed by atoms with Crippen LogP contribution in [0.3, 0.4) is 0 Å². The first-order valence-electron chi connectivity index (χ1n) is 12.2. The van der Waals surface area contributed by atoms with Gasteiger partial charge in [-0.15, -0.1) is 0 Å². The number of carbonyl (C=O) groups is 1. The Kier molecular flexibility index (Phi) is 5.54. The molecule has 5 aromatic rings. The number of fused-ring (bicyclic) bond motifs is 3. The number of aromatic nitrogens is 3. The molecule has 0 radical (unpaired) electrons. The molecule has 3 heterocycles. The summed E-state index contributed by atoms with van der Waals surface area (Å²) in [5, 5.41) is 5.13. The fourth-order valence-corrected chi connectivity index (χ4v) is 5.11. The van der Waals surface area contributed by atoms with Crippen LogP contribution in [-0.2, 0) is 6.54 Å². The van der Waals surface area contributed by atoms with Gasteiger partial charge in [-0.05, 0) is 49.5 Å². The number of likely N-dealkylation sites (tertiary alicyclic amines) is 1. The number of nitrogens with one attached hydrogen (secondary N) is 1. The van der Waals surface area contributed by atoms with Crippen LogP contribution in [-0.4, -0.2) is 45.0 Å². The van der Waals surface area contributed by atoms with Gasteiger partial charge < -0.3 is 20.5 Å². The van der Waals surface area contributed by atoms with Crippen LogP contribution in [0.25, 0.3) is 33.0 Å². The van der Waals surface area contributed by atoms with E-state index in [1.807, 2.05) is 71.3 Å². The fraction of sp³-hybridized carbons (Fsp3) is 0.250. The minimum Gasteiger partial charge on any atom is -0.384 e. The molecule has 1 aliphatic heterocycles. The van der Waals surface area contributed by atoms with Crippen LogP contribution < -0.4 is 11.1 Å². The Bertz CT molecular complexity index is 1540. The predicted octanol–water partition coefficient (Wildman–Crippen LogP) is 5.06. The van der Waals surface area contributed by atoms with E-state index in [9.17, 15) is 4.79 Å². The molecule has 176 valence electrons. The van der Waals surface area contributed by atoms with E-state index < -0.39 is 0 Å². The van der Waals surface area contributed by atoms with Crippen LogP contribution >= 0.6 is 0 Å². The normalized spacial score (nSPS) is 14.6. The van der Waals surface area contributed by atoms with Gasteiger partial charge in [-0.1, -0.05) is 55.0 Å². The Labute approximate surface area is 203 Å². The maximum absolute atomic E-state index is 13.7. The fourth-order valence-electron chi connectivity index (χ4n) is 5.11. The monoisotopic (exact) mass is 464 g/mol. The van der Waals surface area contributed by atoms with E-state index in [-0.39, 0.29) is 5.91 Å². The molecule has 0 saturated carbocycles. The maximum Gasteiger partial charge on any atom is 0.261 e. The van der Waals surface area contributed by atoms with Gasteiger partial charge in [-0.25, -0.2) is 9.97 Å². The lowest BCUT2D eigenvalue weighted by Crippen LogP contribution is -2.32. The lowest BCUT2D eigenvalue weighted by atomic mass is 10.1. The molecule has 0 unspecified atom stereocenters. The number of hydrogen-bond acceptors (Lipinski definition) is 5. The number of nitrogens with zero attached hydrogens (tertiary/aromatic N) is 4. The van der Waals surface area contributed by atoms with Crippen LogP contribution in [0.15, 0.2) is 66.7 Å². The Balaban J connectivity index is 1.43. The molecule has 7 nitrogen and oxygen atoms in total. The zero-order valence-electron chi connectivity index (χ0n) is 19.6. The van der Waals surface area contributed by atoms with Gasteiger partial charge in [-0.3, -0.25) is 4.79 Å². The van der Waals surface area contributed by atoms with Gasteiger partial charge in [0.25, 0.3) is 5.91 Å². The number of amides is 1. The van der Waals surface area contributed by atoms with Crippen molar-refractivity contribution in [3.63, 3.8) is 0 Å². The Morgan fingerprint density at radius 1 is 0.857 bits per heavy atom. The van der Waals surface area contributed by atoms with Crippen molar-refractivity contribution in [2.75, 3.05) is 30.7 Å². The van der Waals surface area contributed by atoms with Gasteiger partial charge in [0.1, 0.15) is 16.9 Å². The molecule has 0 spiro atoms. The van der Waals surface area contributed by atoms with Crippen molar-refractivity contribution in [3.8, 4) is 0 Å². The molecule has 7 heteroatoms. The quantitative estimate of drug-likeness (QED) is 0.380. The van der Waals surface area contributed by atoms with E-state index in [0.29, 0.717) is 29.1 Å². The number of hydrogen-bond donors (Lipinski definition) is 2. The number of benzene rings is 3. The van der Waals surface area contributed by atoms with Crippen molar-refractivity contribution in [2.24, 2.45) is 0 Å². The number of rotatable bonds is 5. The van der Waals surface area contributed by atoms with Gasteiger partial charge >= 0.3 is 0 Å². The summed E-state index contributed by atoms with van der Waals surface area (Å²) in [6, 6.07) is 21.6. The lowest BCUT2D eigenvalue weighted by Gasteiger charge is -2.26. The highest BCUT2D eigenvalue weighted by atomic mass is 16.1. The molecule has 6 rings (SSSR count). The molecule has 0 bridgehead atoms. The largest absolute Gasteiger partial charge is 0.384 e. The van der Waals surface area contributed by atoms with Gasteiger partial charge in [0, 0.05) is 24.2 Å². The molecule has 3 aromatic carbocycles. The maximum atomic E-state index is 13.7. The van der Waals surface area contributed by atoms with Gasteiger partial charge in [0.15, 0.2) is 5.65 Å². The van der Waals surface area contributed by atoms with E-state index in [0.717, 1.165) is 47.1 Å². The number of para-hydroxylation sites is 2. The number of anilines is 2. The van der Waals surface area contributed by atoms with Crippen molar-refractivity contribution in [1.29, 1.82) is 0 Å². The first-order valence-corrected chi connectivity index (χ1v) is 12.2. The van der Waals surface area contributed by atoms with E-state index >= 15 is 0 Å². The molecule has 1 saturated heterocycles. The summed E-state index contributed by atoms with van der Waals surface area (Å²) in [6.45, 7) is 3.73. The van der Waals surface area contributed by atoms with Crippen molar-refractivity contribution < 1.29 is 4.79 Å². The second-order valence-corrected chi connectivity index (χ2v) is 9.18. The van der Waals surface area contributed by atoms with Crippen molar-refractivity contribution in [2.45, 2.75) is 25.8 Å². The molecule has 1 amide bonds. The number of nitrogen functional groups attached to an aromatic ring is 1. The highest BCUT2D eigenvalue weighted by molar-refractivity contribution is 6.17. The first-order chi connectivity index (χ1) is 17.2. The van der Waals surface area contributed by atoms with Crippen molar-refractivity contribution in [3.05, 3.63) is 72.3 Å². The smallest absolute Gasteiger partial charge is 0.261 e. The summed E-state index contributed by atoms with van der Waals surface area (Å²) in [5.41, 5.74) is 10.5. The predicted molar refractivity (Wildman–Crippen MR) is 142 cm³/mol. The molecule has 0 aliphatic carbocycles. The first kappa shape index (κ1) is 21.6. The van der Waals surface area contributed by atoms with Crippen molar-refractivity contribution in [1.82, 2.24) is 19.4 Å². The Morgan fingerprint density at radius 2 is 1.57 bits per heavy atom. The standard InChI is InChI=1S/C28H28N6O/c29-26-24(28(35)32-21-14-8-10-19-9-2-3-11-20(19)21)25-27(31-23-13-5-4-12-22(23)30-25)34(26)18-17-33-15-6-1-7-16-33/h2-5,8-14H,1,6-7,15-18,29H2,(H,32,35). The Morgan fingerprint density at radius 3 is 2.40 bits per heavy atom. The summed E-state index contributed by atoms with van der Waals surface area (Å²) < 4.78 is 1.96. The van der Waals surface area contributed by atoms with Crippen LogP contribution in [0.4, 0.5) is 11.5 Å². The lowest BCUT2D eigenvalue weighted by molar-refractivity contribution is 0.102. The molecule has 2 aromatic heterocycles. The molecule has 1 aliphatic rings. The topological polar surface area (TPSA) is 89.1 Å². The third-order valence-electron chi connectivity index (χ3n) is 6.94.